The first-order valence-electron chi connectivity index (χ1n) is 5.86. The molecule has 1 aromatic rings. The lowest BCUT2D eigenvalue weighted by molar-refractivity contribution is -0.136. The Balaban J connectivity index is 2.71. The Labute approximate surface area is 121 Å². The smallest absolute Gasteiger partial charge is 0.399 e. The van der Waals surface area contributed by atoms with Gasteiger partial charge in [0.2, 0.25) is 0 Å². The molecule has 0 aliphatic heterocycles. The Morgan fingerprint density at radius 2 is 1.95 bits per heavy atom. The molecule has 0 radical (unpaired) electrons. The van der Waals surface area contributed by atoms with Crippen LogP contribution in [0.2, 0.25) is 0 Å². The zero-order valence-electron chi connectivity index (χ0n) is 11.4. The minimum atomic E-state index is -3.90. The minimum Gasteiger partial charge on any atom is -0.493 e. The van der Waals surface area contributed by atoms with Crippen molar-refractivity contribution in [2.24, 2.45) is 0 Å². The topological polar surface area (TPSA) is 47.6 Å². The van der Waals surface area contributed by atoms with Crippen LogP contribution in [0.1, 0.15) is 12.5 Å². The van der Waals surface area contributed by atoms with Crippen LogP contribution in [0.5, 0.6) is 11.5 Å². The van der Waals surface area contributed by atoms with E-state index in [9.17, 15) is 13.6 Å². The summed E-state index contributed by atoms with van der Waals surface area (Å²) in [6.07, 6.45) is 0.360. The molecule has 0 heterocycles. The molecule has 20 heavy (non-hydrogen) atoms. The maximum absolute atomic E-state index is 12.5. The number of carbonyl (C=O) groups excluding carboxylic acids is 1. The van der Waals surface area contributed by atoms with Gasteiger partial charge in [-0.2, -0.15) is 8.78 Å². The molecule has 7 heteroatoms. The van der Waals surface area contributed by atoms with Crippen LogP contribution in [0.3, 0.4) is 0 Å². The highest BCUT2D eigenvalue weighted by atomic mass is 35.5. The summed E-state index contributed by atoms with van der Waals surface area (Å²) in [5.74, 6) is -0.404. The van der Waals surface area contributed by atoms with Gasteiger partial charge in [-0.05, 0) is 42.6 Å². The Morgan fingerprint density at radius 3 is 2.45 bits per heavy atom. The van der Waals surface area contributed by atoms with Crippen LogP contribution in [0.15, 0.2) is 18.2 Å². The maximum Gasteiger partial charge on any atom is 0.399 e. The van der Waals surface area contributed by atoms with Gasteiger partial charge in [-0.25, -0.2) is 0 Å². The normalized spacial score (nSPS) is 12.7. The standard InChI is InChI=1S/C13H16ClF2NO3/c1-8(17-12(18)13(14,15)16)6-9-4-5-10(19-2)11(7-9)20-3/h4-5,7-8H,6H2,1-3H3,(H,17,18)/t8-/m1/s1. The number of hydrogen-bond donors (Lipinski definition) is 1. The molecular formula is C13H16ClF2NO3. The quantitative estimate of drug-likeness (QED) is 0.822. The SMILES string of the molecule is COc1ccc(C[C@@H](C)NC(=O)C(F)(F)Cl)cc1OC. The van der Waals surface area contributed by atoms with Crippen molar-refractivity contribution in [3.8, 4) is 11.5 Å². The van der Waals surface area contributed by atoms with Crippen molar-refractivity contribution in [3.63, 3.8) is 0 Å². The van der Waals surface area contributed by atoms with Gasteiger partial charge >= 0.3 is 11.3 Å². The van der Waals surface area contributed by atoms with Gasteiger partial charge in [-0.3, -0.25) is 4.79 Å². The molecule has 0 aromatic heterocycles. The predicted molar refractivity (Wildman–Crippen MR) is 71.7 cm³/mol. The summed E-state index contributed by atoms with van der Waals surface area (Å²) >= 11 is 4.64. The number of amides is 1. The average Bonchev–Trinajstić information content (AvgIpc) is 2.37. The summed E-state index contributed by atoms with van der Waals surface area (Å²) in [7, 11) is 3.02. The van der Waals surface area contributed by atoms with E-state index in [1.807, 2.05) is 0 Å². The number of benzene rings is 1. The second-order valence-electron chi connectivity index (χ2n) is 4.27. The van der Waals surface area contributed by atoms with Gasteiger partial charge in [0.05, 0.1) is 14.2 Å². The van der Waals surface area contributed by atoms with Crippen LogP contribution in [0, 0.1) is 0 Å². The van der Waals surface area contributed by atoms with Crippen molar-refractivity contribution in [1.29, 1.82) is 0 Å². The lowest BCUT2D eigenvalue weighted by atomic mass is 10.1. The molecule has 0 aliphatic carbocycles. The fourth-order valence-corrected chi connectivity index (χ4v) is 1.77. The number of carbonyl (C=O) groups is 1. The highest BCUT2D eigenvalue weighted by Crippen LogP contribution is 2.28. The lowest BCUT2D eigenvalue weighted by Gasteiger charge is -2.17. The van der Waals surface area contributed by atoms with Crippen molar-refractivity contribution >= 4 is 17.5 Å². The van der Waals surface area contributed by atoms with Gasteiger partial charge in [0.25, 0.3) is 0 Å². The highest BCUT2D eigenvalue weighted by molar-refractivity contribution is 6.32. The number of rotatable bonds is 6. The van der Waals surface area contributed by atoms with Crippen LogP contribution >= 0.6 is 11.6 Å². The Morgan fingerprint density at radius 1 is 1.35 bits per heavy atom. The van der Waals surface area contributed by atoms with Crippen LogP contribution in [0.4, 0.5) is 8.78 Å². The average molecular weight is 308 g/mol. The number of nitrogens with one attached hydrogen (secondary N) is 1. The zero-order valence-corrected chi connectivity index (χ0v) is 12.1. The molecular weight excluding hydrogens is 292 g/mol. The maximum atomic E-state index is 12.5. The number of methoxy groups -OCH3 is 2. The molecule has 0 aliphatic rings. The Kier molecular flexibility index (Phi) is 5.56. The van der Waals surface area contributed by atoms with E-state index >= 15 is 0 Å². The van der Waals surface area contributed by atoms with Gasteiger partial charge < -0.3 is 14.8 Å². The molecule has 1 aromatic carbocycles. The van der Waals surface area contributed by atoms with E-state index in [0.29, 0.717) is 17.9 Å². The molecule has 0 saturated heterocycles. The molecule has 0 spiro atoms. The molecule has 0 unspecified atom stereocenters. The monoisotopic (exact) mass is 307 g/mol. The first-order chi connectivity index (χ1) is 9.27. The van der Waals surface area contributed by atoms with E-state index in [1.54, 1.807) is 25.1 Å². The molecule has 1 N–H and O–H groups in total. The number of alkyl halides is 3. The van der Waals surface area contributed by atoms with Crippen molar-refractivity contribution in [2.75, 3.05) is 14.2 Å². The lowest BCUT2D eigenvalue weighted by Crippen LogP contribution is -2.42. The molecule has 1 atom stereocenters. The Hall–Kier alpha value is -1.56. The summed E-state index contributed by atoms with van der Waals surface area (Å²) in [5.41, 5.74) is 0.813. The zero-order chi connectivity index (χ0) is 15.3. The fraction of sp³-hybridized carbons (Fsp3) is 0.462. The summed E-state index contributed by atoms with van der Waals surface area (Å²) in [6, 6.07) is 4.70. The van der Waals surface area contributed by atoms with Crippen LogP contribution in [-0.4, -0.2) is 31.6 Å². The van der Waals surface area contributed by atoms with E-state index in [2.05, 4.69) is 16.9 Å². The summed E-state index contributed by atoms with van der Waals surface area (Å²) in [4.78, 5) is 11.1. The molecule has 0 saturated carbocycles. The predicted octanol–water partition coefficient (Wildman–Crippen LogP) is 2.58. The number of ether oxygens (including phenoxy) is 2. The van der Waals surface area contributed by atoms with E-state index in [0.717, 1.165) is 5.56 Å². The Bertz CT molecular complexity index is 477. The largest absolute Gasteiger partial charge is 0.493 e. The van der Waals surface area contributed by atoms with Crippen LogP contribution in [0.25, 0.3) is 0 Å². The molecule has 1 amide bonds. The van der Waals surface area contributed by atoms with E-state index < -0.39 is 17.3 Å². The minimum absolute atomic E-state index is 0.360. The van der Waals surface area contributed by atoms with Crippen molar-refractivity contribution in [2.45, 2.75) is 24.8 Å². The van der Waals surface area contributed by atoms with Gasteiger partial charge in [0.15, 0.2) is 11.5 Å². The third kappa shape index (κ3) is 4.52. The van der Waals surface area contributed by atoms with Gasteiger partial charge in [0.1, 0.15) is 0 Å². The molecule has 0 bridgehead atoms. The molecule has 0 fully saturated rings. The molecule has 4 nitrogen and oxygen atoms in total. The first kappa shape index (κ1) is 16.5. The van der Waals surface area contributed by atoms with Crippen LogP contribution < -0.4 is 14.8 Å². The number of halogens is 3. The van der Waals surface area contributed by atoms with Crippen molar-refractivity contribution < 1.29 is 23.0 Å². The third-order valence-corrected chi connectivity index (χ3v) is 2.80. The highest BCUT2D eigenvalue weighted by Gasteiger charge is 2.36. The van der Waals surface area contributed by atoms with Gasteiger partial charge in [-0.1, -0.05) is 6.07 Å². The third-order valence-electron chi connectivity index (χ3n) is 2.62. The summed E-state index contributed by atoms with van der Waals surface area (Å²) in [5, 5.41) is -1.76. The summed E-state index contributed by atoms with van der Waals surface area (Å²) < 4.78 is 35.3. The van der Waals surface area contributed by atoms with Crippen molar-refractivity contribution in [1.82, 2.24) is 5.32 Å². The van der Waals surface area contributed by atoms with E-state index in [1.165, 1.54) is 14.2 Å². The second kappa shape index (κ2) is 6.74. The number of hydrogen-bond acceptors (Lipinski definition) is 3. The van der Waals surface area contributed by atoms with E-state index in [-0.39, 0.29) is 0 Å². The van der Waals surface area contributed by atoms with Gasteiger partial charge in [-0.15, -0.1) is 0 Å². The fourth-order valence-electron chi connectivity index (χ4n) is 1.72. The second-order valence-corrected chi connectivity index (χ2v) is 4.74. The van der Waals surface area contributed by atoms with Crippen LogP contribution in [-0.2, 0) is 11.2 Å². The summed E-state index contributed by atoms with van der Waals surface area (Å²) in [6.45, 7) is 1.61. The molecule has 1 rings (SSSR count). The van der Waals surface area contributed by atoms with E-state index in [4.69, 9.17) is 9.47 Å². The van der Waals surface area contributed by atoms with Gasteiger partial charge in [0, 0.05) is 6.04 Å². The molecule has 112 valence electrons. The first-order valence-corrected chi connectivity index (χ1v) is 6.24. The van der Waals surface area contributed by atoms with Crippen molar-refractivity contribution in [3.05, 3.63) is 23.8 Å².